The summed E-state index contributed by atoms with van der Waals surface area (Å²) in [6.07, 6.45) is -4.56. The van der Waals surface area contributed by atoms with E-state index < -0.39 is 11.9 Å². The Morgan fingerprint density at radius 3 is 2.61 bits per heavy atom. The second kappa shape index (κ2) is 6.21. The zero-order valence-corrected chi connectivity index (χ0v) is 9.62. The number of aromatic nitrogens is 1. The summed E-state index contributed by atoms with van der Waals surface area (Å²) in [4.78, 5) is 3.29. The molecule has 1 aromatic heterocycles. The van der Waals surface area contributed by atoms with Gasteiger partial charge >= 0.3 is 6.18 Å². The van der Waals surface area contributed by atoms with Gasteiger partial charge in [0.1, 0.15) is 23.9 Å². The third-order valence-electron chi connectivity index (χ3n) is 1.94. The second-order valence-corrected chi connectivity index (χ2v) is 3.20. The van der Waals surface area contributed by atoms with Crippen molar-refractivity contribution in [1.82, 2.24) is 4.98 Å². The molecule has 0 spiro atoms. The highest BCUT2D eigenvalue weighted by Gasteiger charge is 2.33. The first-order valence-corrected chi connectivity index (χ1v) is 5.18. The summed E-state index contributed by atoms with van der Waals surface area (Å²) in [6, 6.07) is 3.50. The molecule has 4 nitrogen and oxygen atoms in total. The van der Waals surface area contributed by atoms with Crippen molar-refractivity contribution in [2.24, 2.45) is 0 Å². The highest BCUT2D eigenvalue weighted by Crippen LogP contribution is 2.29. The lowest BCUT2D eigenvalue weighted by Gasteiger charge is -2.10. The highest BCUT2D eigenvalue weighted by molar-refractivity contribution is 5.39. The third kappa shape index (κ3) is 3.89. The van der Waals surface area contributed by atoms with E-state index in [9.17, 15) is 13.2 Å². The van der Waals surface area contributed by atoms with Crippen LogP contribution in [-0.2, 0) is 10.9 Å². The zero-order chi connectivity index (χ0) is 13.6. The maximum Gasteiger partial charge on any atom is 0.433 e. The molecule has 7 heteroatoms. The molecule has 0 N–H and O–H groups in total. The smallest absolute Gasteiger partial charge is 0.433 e. The van der Waals surface area contributed by atoms with E-state index in [1.54, 1.807) is 13.0 Å². The normalized spacial score (nSPS) is 11.1. The van der Waals surface area contributed by atoms with Gasteiger partial charge in [0.15, 0.2) is 0 Å². The molecule has 0 aliphatic heterocycles. The Kier molecular flexibility index (Phi) is 4.92. The molecule has 0 radical (unpaired) electrons. The van der Waals surface area contributed by atoms with Crippen LogP contribution in [0, 0.1) is 11.3 Å². The molecule has 0 saturated heterocycles. The Bertz CT molecular complexity index is 441. The van der Waals surface area contributed by atoms with Crippen LogP contribution in [0.4, 0.5) is 13.2 Å². The van der Waals surface area contributed by atoms with Crippen LogP contribution in [0.25, 0.3) is 0 Å². The molecular weight excluding hydrogens is 249 g/mol. The summed E-state index contributed by atoms with van der Waals surface area (Å²) in [5.74, 6) is -0.327. The van der Waals surface area contributed by atoms with Gasteiger partial charge < -0.3 is 9.47 Å². The maximum atomic E-state index is 12.4. The Hall–Kier alpha value is -1.81. The first-order chi connectivity index (χ1) is 8.49. The maximum absolute atomic E-state index is 12.4. The van der Waals surface area contributed by atoms with E-state index in [1.807, 2.05) is 0 Å². The molecule has 98 valence electrons. The van der Waals surface area contributed by atoms with Crippen molar-refractivity contribution in [2.75, 3.05) is 19.8 Å². The largest absolute Gasteiger partial charge is 0.474 e. The van der Waals surface area contributed by atoms with Gasteiger partial charge in [-0.2, -0.15) is 18.4 Å². The third-order valence-corrected chi connectivity index (χ3v) is 1.94. The van der Waals surface area contributed by atoms with Gasteiger partial charge in [-0.15, -0.1) is 0 Å². The topological polar surface area (TPSA) is 55.1 Å². The first-order valence-electron chi connectivity index (χ1n) is 5.18. The SMILES string of the molecule is CCOCCOc1nc(C(F)(F)F)ccc1C#N. The van der Waals surface area contributed by atoms with Crippen molar-refractivity contribution in [3.8, 4) is 11.9 Å². The number of halogens is 3. The summed E-state index contributed by atoms with van der Waals surface area (Å²) in [7, 11) is 0. The van der Waals surface area contributed by atoms with Gasteiger partial charge in [0.05, 0.1) is 6.61 Å². The summed E-state index contributed by atoms with van der Waals surface area (Å²) in [5, 5.41) is 8.73. The number of rotatable bonds is 5. The van der Waals surface area contributed by atoms with Crippen LogP contribution in [-0.4, -0.2) is 24.8 Å². The van der Waals surface area contributed by atoms with Gasteiger partial charge in [0, 0.05) is 6.61 Å². The van der Waals surface area contributed by atoms with Crippen LogP contribution < -0.4 is 4.74 Å². The number of hydrogen-bond acceptors (Lipinski definition) is 4. The first kappa shape index (κ1) is 14.3. The molecule has 0 aliphatic rings. The molecule has 0 fully saturated rings. The van der Waals surface area contributed by atoms with Crippen LogP contribution in [0.15, 0.2) is 12.1 Å². The Morgan fingerprint density at radius 1 is 1.33 bits per heavy atom. The molecule has 0 amide bonds. The van der Waals surface area contributed by atoms with E-state index in [-0.39, 0.29) is 24.7 Å². The lowest BCUT2D eigenvalue weighted by atomic mass is 10.2. The minimum atomic E-state index is -4.56. The Balaban J connectivity index is 2.83. The number of nitriles is 1. The van der Waals surface area contributed by atoms with Crippen LogP contribution >= 0.6 is 0 Å². The van der Waals surface area contributed by atoms with Gasteiger partial charge in [0.25, 0.3) is 0 Å². The molecule has 0 aromatic carbocycles. The fourth-order valence-corrected chi connectivity index (χ4v) is 1.14. The lowest BCUT2D eigenvalue weighted by molar-refractivity contribution is -0.141. The highest BCUT2D eigenvalue weighted by atomic mass is 19.4. The average molecular weight is 260 g/mol. The van der Waals surface area contributed by atoms with Gasteiger partial charge in [-0.05, 0) is 19.1 Å². The van der Waals surface area contributed by atoms with Crippen molar-refractivity contribution < 1.29 is 22.6 Å². The summed E-state index contributed by atoms with van der Waals surface area (Å²) >= 11 is 0. The molecule has 0 unspecified atom stereocenters. The molecule has 0 bridgehead atoms. The van der Waals surface area contributed by atoms with Crippen molar-refractivity contribution >= 4 is 0 Å². The minimum Gasteiger partial charge on any atom is -0.474 e. The van der Waals surface area contributed by atoms with Crippen LogP contribution in [0.3, 0.4) is 0 Å². The number of hydrogen-bond donors (Lipinski definition) is 0. The zero-order valence-electron chi connectivity index (χ0n) is 9.62. The minimum absolute atomic E-state index is 0.0385. The molecule has 0 aliphatic carbocycles. The Labute approximate surface area is 102 Å². The molecule has 1 aromatic rings. The molecule has 0 saturated carbocycles. The van der Waals surface area contributed by atoms with E-state index >= 15 is 0 Å². The van der Waals surface area contributed by atoms with E-state index in [4.69, 9.17) is 14.7 Å². The summed E-state index contributed by atoms with van der Waals surface area (Å²) in [6.45, 7) is 2.52. The van der Waals surface area contributed by atoms with E-state index in [0.29, 0.717) is 6.61 Å². The van der Waals surface area contributed by atoms with E-state index in [0.717, 1.165) is 12.1 Å². The van der Waals surface area contributed by atoms with Crippen molar-refractivity contribution in [3.05, 3.63) is 23.4 Å². The number of nitrogens with zero attached hydrogens (tertiary/aromatic N) is 2. The number of ether oxygens (including phenoxy) is 2. The van der Waals surface area contributed by atoms with Gasteiger partial charge in [-0.1, -0.05) is 0 Å². The summed E-state index contributed by atoms with van der Waals surface area (Å²) in [5.41, 5.74) is -1.13. The Morgan fingerprint density at radius 2 is 2.06 bits per heavy atom. The lowest BCUT2D eigenvalue weighted by Crippen LogP contribution is -2.12. The predicted octanol–water partition coefficient (Wildman–Crippen LogP) is 2.39. The monoisotopic (exact) mass is 260 g/mol. The summed E-state index contributed by atoms with van der Waals surface area (Å²) < 4.78 is 47.2. The van der Waals surface area contributed by atoms with Crippen LogP contribution in [0.2, 0.25) is 0 Å². The van der Waals surface area contributed by atoms with E-state index in [2.05, 4.69) is 4.98 Å². The molecule has 1 heterocycles. The van der Waals surface area contributed by atoms with Crippen LogP contribution in [0.5, 0.6) is 5.88 Å². The van der Waals surface area contributed by atoms with Gasteiger partial charge in [0.2, 0.25) is 5.88 Å². The number of pyridine rings is 1. The molecule has 1 rings (SSSR count). The van der Waals surface area contributed by atoms with Crippen molar-refractivity contribution in [2.45, 2.75) is 13.1 Å². The fraction of sp³-hybridized carbons (Fsp3) is 0.455. The van der Waals surface area contributed by atoms with Crippen LogP contribution in [0.1, 0.15) is 18.2 Å². The predicted molar refractivity (Wildman–Crippen MR) is 55.9 cm³/mol. The van der Waals surface area contributed by atoms with Crippen molar-refractivity contribution in [3.63, 3.8) is 0 Å². The molecule has 0 atom stereocenters. The quantitative estimate of drug-likeness (QED) is 0.763. The van der Waals surface area contributed by atoms with Crippen molar-refractivity contribution in [1.29, 1.82) is 5.26 Å². The van der Waals surface area contributed by atoms with Gasteiger partial charge in [-0.25, -0.2) is 4.98 Å². The number of alkyl halides is 3. The van der Waals surface area contributed by atoms with Gasteiger partial charge in [-0.3, -0.25) is 0 Å². The fourth-order valence-electron chi connectivity index (χ4n) is 1.14. The molecule has 18 heavy (non-hydrogen) atoms. The standard InChI is InChI=1S/C11H11F3N2O2/c1-2-17-5-6-18-10-8(7-15)3-4-9(16-10)11(12,13)14/h3-4H,2,5-6H2,1H3. The second-order valence-electron chi connectivity index (χ2n) is 3.20. The molecular formula is C11H11F3N2O2. The van der Waals surface area contributed by atoms with E-state index in [1.165, 1.54) is 0 Å². The average Bonchev–Trinajstić information content (AvgIpc) is 2.33.